The van der Waals surface area contributed by atoms with Crippen LogP contribution in [0.5, 0.6) is 0 Å². The van der Waals surface area contributed by atoms with Gasteiger partial charge in [0.05, 0.1) is 5.69 Å². The number of anilines is 1. The molecule has 6 nitrogen and oxygen atoms in total. The minimum Gasteiger partial charge on any atom is -0.379 e. The molecule has 19 heavy (non-hydrogen) atoms. The zero-order valence-corrected chi connectivity index (χ0v) is 11.5. The second-order valence-electron chi connectivity index (χ2n) is 5.00. The van der Waals surface area contributed by atoms with E-state index in [-0.39, 0.29) is 23.8 Å². The number of nitrogen functional groups attached to an aromatic ring is 1. The van der Waals surface area contributed by atoms with Crippen LogP contribution in [0.25, 0.3) is 0 Å². The van der Waals surface area contributed by atoms with E-state index in [1.165, 1.54) is 11.0 Å². The largest absolute Gasteiger partial charge is 0.379 e. The van der Waals surface area contributed by atoms with Crippen LogP contribution in [0.4, 0.5) is 5.82 Å². The SMILES string of the molecule is Cc1nc(N)c(=O)n(CC(=O)N2CCCCC2)c1C. The van der Waals surface area contributed by atoms with E-state index in [1.807, 2.05) is 4.90 Å². The molecule has 0 radical (unpaired) electrons. The molecule has 0 atom stereocenters. The van der Waals surface area contributed by atoms with E-state index in [4.69, 9.17) is 5.73 Å². The lowest BCUT2D eigenvalue weighted by Gasteiger charge is -2.27. The fourth-order valence-corrected chi connectivity index (χ4v) is 2.36. The highest BCUT2D eigenvalue weighted by Gasteiger charge is 2.19. The van der Waals surface area contributed by atoms with Crippen LogP contribution in [0.3, 0.4) is 0 Å². The highest BCUT2D eigenvalue weighted by molar-refractivity contribution is 5.76. The molecule has 6 heteroatoms. The van der Waals surface area contributed by atoms with Gasteiger partial charge in [-0.25, -0.2) is 4.98 Å². The topological polar surface area (TPSA) is 81.2 Å². The van der Waals surface area contributed by atoms with Crippen molar-refractivity contribution in [3.8, 4) is 0 Å². The molecule has 0 saturated carbocycles. The molecule has 2 N–H and O–H groups in total. The second-order valence-corrected chi connectivity index (χ2v) is 5.00. The van der Waals surface area contributed by atoms with E-state index in [0.717, 1.165) is 25.9 Å². The Hall–Kier alpha value is -1.85. The van der Waals surface area contributed by atoms with Crippen LogP contribution in [0, 0.1) is 13.8 Å². The van der Waals surface area contributed by atoms with Crippen LogP contribution in [-0.4, -0.2) is 33.4 Å². The Morgan fingerprint density at radius 3 is 2.53 bits per heavy atom. The standard InChI is InChI=1S/C13H20N4O2/c1-9-10(2)17(13(19)12(14)15-9)8-11(18)16-6-4-3-5-7-16/h3-8H2,1-2H3,(H2,14,15). The van der Waals surface area contributed by atoms with Gasteiger partial charge in [0.1, 0.15) is 6.54 Å². The molecule has 104 valence electrons. The number of rotatable bonds is 2. The van der Waals surface area contributed by atoms with E-state index < -0.39 is 0 Å². The van der Waals surface area contributed by atoms with Crippen molar-refractivity contribution in [1.82, 2.24) is 14.5 Å². The maximum absolute atomic E-state index is 12.2. The number of aromatic nitrogens is 2. The molecule has 2 heterocycles. The minimum atomic E-state index is -0.381. The zero-order chi connectivity index (χ0) is 14.0. The molecule has 1 aliphatic rings. The summed E-state index contributed by atoms with van der Waals surface area (Å²) in [5.41, 5.74) is 6.58. The van der Waals surface area contributed by atoms with Gasteiger partial charge in [0, 0.05) is 18.8 Å². The average molecular weight is 264 g/mol. The zero-order valence-electron chi connectivity index (χ0n) is 11.5. The highest BCUT2D eigenvalue weighted by Crippen LogP contribution is 2.10. The predicted molar refractivity (Wildman–Crippen MR) is 72.8 cm³/mol. The Bertz CT molecular complexity index is 544. The second kappa shape index (κ2) is 5.42. The number of nitrogens with zero attached hydrogens (tertiary/aromatic N) is 3. The van der Waals surface area contributed by atoms with Crippen LogP contribution in [0.15, 0.2) is 4.79 Å². The number of carbonyl (C=O) groups excluding carboxylic acids is 1. The molecule has 1 aromatic rings. The highest BCUT2D eigenvalue weighted by atomic mass is 16.2. The van der Waals surface area contributed by atoms with Gasteiger partial charge in [-0.2, -0.15) is 0 Å². The number of nitrogens with two attached hydrogens (primary N) is 1. The third-order valence-electron chi connectivity index (χ3n) is 3.68. The van der Waals surface area contributed by atoms with E-state index in [2.05, 4.69) is 4.98 Å². The fourth-order valence-electron chi connectivity index (χ4n) is 2.36. The van der Waals surface area contributed by atoms with Crippen LogP contribution in [0.1, 0.15) is 30.7 Å². The summed E-state index contributed by atoms with van der Waals surface area (Å²) in [6.07, 6.45) is 3.25. The van der Waals surface area contributed by atoms with Crippen molar-refractivity contribution in [2.75, 3.05) is 18.8 Å². The molecule has 0 spiro atoms. The summed E-state index contributed by atoms with van der Waals surface area (Å²) in [6.45, 7) is 5.19. The maximum Gasteiger partial charge on any atom is 0.293 e. The van der Waals surface area contributed by atoms with Crippen LogP contribution in [-0.2, 0) is 11.3 Å². The first kappa shape index (κ1) is 13.6. The van der Waals surface area contributed by atoms with Crippen molar-refractivity contribution in [3.63, 3.8) is 0 Å². The van der Waals surface area contributed by atoms with Gasteiger partial charge in [-0.05, 0) is 33.1 Å². The van der Waals surface area contributed by atoms with Gasteiger partial charge in [-0.15, -0.1) is 0 Å². The lowest BCUT2D eigenvalue weighted by molar-refractivity contribution is -0.132. The van der Waals surface area contributed by atoms with Crippen molar-refractivity contribution in [3.05, 3.63) is 21.7 Å². The summed E-state index contributed by atoms with van der Waals surface area (Å²) >= 11 is 0. The molecule has 0 aromatic carbocycles. The molecular formula is C13H20N4O2. The molecule has 1 amide bonds. The third kappa shape index (κ3) is 2.77. The monoisotopic (exact) mass is 264 g/mol. The number of carbonyl (C=O) groups is 1. The molecule has 0 aliphatic carbocycles. The number of hydrogen-bond donors (Lipinski definition) is 1. The van der Waals surface area contributed by atoms with E-state index >= 15 is 0 Å². The molecule has 0 bridgehead atoms. The first-order valence-corrected chi connectivity index (χ1v) is 6.62. The van der Waals surface area contributed by atoms with Gasteiger partial charge in [-0.3, -0.25) is 14.2 Å². The Labute approximate surface area is 112 Å². The van der Waals surface area contributed by atoms with Crippen molar-refractivity contribution in [2.45, 2.75) is 39.7 Å². The first-order chi connectivity index (χ1) is 9.00. The summed E-state index contributed by atoms with van der Waals surface area (Å²) in [4.78, 5) is 30.0. The molecule has 1 saturated heterocycles. The Morgan fingerprint density at radius 2 is 1.89 bits per heavy atom. The average Bonchev–Trinajstić information content (AvgIpc) is 2.42. The van der Waals surface area contributed by atoms with Gasteiger partial charge in [0.25, 0.3) is 5.56 Å². The number of likely N-dealkylation sites (tertiary alicyclic amines) is 1. The number of hydrogen-bond acceptors (Lipinski definition) is 4. The summed E-state index contributed by atoms with van der Waals surface area (Å²) in [5, 5.41) is 0. The van der Waals surface area contributed by atoms with Crippen molar-refractivity contribution in [2.24, 2.45) is 0 Å². The predicted octanol–water partition coefficient (Wildman–Crippen LogP) is 0.455. The van der Waals surface area contributed by atoms with Crippen LogP contribution >= 0.6 is 0 Å². The number of aryl methyl sites for hydroxylation is 1. The number of piperidine rings is 1. The summed E-state index contributed by atoms with van der Waals surface area (Å²) < 4.78 is 1.43. The Balaban J connectivity index is 2.23. The third-order valence-corrected chi connectivity index (χ3v) is 3.68. The summed E-state index contributed by atoms with van der Waals surface area (Å²) in [5.74, 6) is -0.0653. The van der Waals surface area contributed by atoms with Crippen molar-refractivity contribution in [1.29, 1.82) is 0 Å². The lowest BCUT2D eigenvalue weighted by atomic mass is 10.1. The van der Waals surface area contributed by atoms with Gasteiger partial charge in [0.15, 0.2) is 5.82 Å². The molecule has 0 unspecified atom stereocenters. The van der Waals surface area contributed by atoms with Crippen LogP contribution in [0.2, 0.25) is 0 Å². The minimum absolute atomic E-state index is 0.0186. The summed E-state index contributed by atoms with van der Waals surface area (Å²) in [7, 11) is 0. The van der Waals surface area contributed by atoms with Crippen molar-refractivity contribution < 1.29 is 4.79 Å². The van der Waals surface area contributed by atoms with Gasteiger partial charge in [0.2, 0.25) is 5.91 Å². The molecular weight excluding hydrogens is 244 g/mol. The Kier molecular flexibility index (Phi) is 3.87. The van der Waals surface area contributed by atoms with Crippen LogP contribution < -0.4 is 11.3 Å². The summed E-state index contributed by atoms with van der Waals surface area (Å²) in [6, 6.07) is 0. The van der Waals surface area contributed by atoms with Crippen molar-refractivity contribution >= 4 is 11.7 Å². The normalized spacial score (nSPS) is 15.6. The van der Waals surface area contributed by atoms with E-state index in [0.29, 0.717) is 11.4 Å². The molecule has 1 aromatic heterocycles. The molecule has 1 aliphatic heterocycles. The molecule has 1 fully saturated rings. The van der Waals surface area contributed by atoms with E-state index in [1.54, 1.807) is 13.8 Å². The van der Waals surface area contributed by atoms with Gasteiger partial charge >= 0.3 is 0 Å². The van der Waals surface area contributed by atoms with E-state index in [9.17, 15) is 9.59 Å². The fraction of sp³-hybridized carbons (Fsp3) is 0.615. The Morgan fingerprint density at radius 1 is 1.26 bits per heavy atom. The molecule has 2 rings (SSSR count). The maximum atomic E-state index is 12.2. The first-order valence-electron chi connectivity index (χ1n) is 6.62. The van der Waals surface area contributed by atoms with Gasteiger partial charge < -0.3 is 10.6 Å². The quantitative estimate of drug-likeness (QED) is 0.841. The number of amides is 1. The lowest BCUT2D eigenvalue weighted by Crippen LogP contribution is -2.40. The smallest absolute Gasteiger partial charge is 0.293 e. The van der Waals surface area contributed by atoms with Gasteiger partial charge in [-0.1, -0.05) is 0 Å².